The Balaban J connectivity index is 2.32. The van der Waals surface area contributed by atoms with Crippen LogP contribution in [0.15, 0.2) is 18.2 Å². The molecule has 0 unspecified atom stereocenters. The molecule has 1 saturated heterocycles. The van der Waals surface area contributed by atoms with Gasteiger partial charge in [-0.15, -0.1) is 0 Å². The van der Waals surface area contributed by atoms with E-state index in [4.69, 9.17) is 0 Å². The predicted octanol–water partition coefficient (Wildman–Crippen LogP) is 1.22. The summed E-state index contributed by atoms with van der Waals surface area (Å²) in [7, 11) is -1.35. The molecule has 2 heterocycles. The van der Waals surface area contributed by atoms with Crippen molar-refractivity contribution >= 4 is 15.8 Å². The second-order valence-corrected chi connectivity index (χ2v) is 6.16. The zero-order valence-corrected chi connectivity index (χ0v) is 10.9. The van der Waals surface area contributed by atoms with Crippen molar-refractivity contribution in [3.63, 3.8) is 0 Å². The Hall–Kier alpha value is -1.14. The molecule has 2 rings (SSSR count). The lowest BCUT2D eigenvalue weighted by atomic mass is 10.1. The van der Waals surface area contributed by atoms with Gasteiger partial charge in [0.15, 0.2) is 0 Å². The van der Waals surface area contributed by atoms with Crippen LogP contribution in [0.4, 0.5) is 5.82 Å². The van der Waals surface area contributed by atoms with Crippen LogP contribution in [0.25, 0.3) is 0 Å². The molecule has 0 saturated carbocycles. The highest BCUT2D eigenvalue weighted by Crippen LogP contribution is 2.33. The van der Waals surface area contributed by atoms with Gasteiger partial charge in [0.1, 0.15) is 5.82 Å². The first-order valence-corrected chi connectivity index (χ1v) is 7.49. The number of nitrogens with one attached hydrogen (secondary N) is 1. The van der Waals surface area contributed by atoms with Crippen molar-refractivity contribution < 1.29 is 8.42 Å². The number of sulfonamides is 1. The fraction of sp³-hybridized carbons (Fsp3) is 0.545. The molecule has 0 amide bonds. The largest absolute Gasteiger partial charge is 0.373 e. The van der Waals surface area contributed by atoms with Crippen molar-refractivity contribution in [3.8, 4) is 0 Å². The second-order valence-electron chi connectivity index (χ2n) is 4.23. The Bertz CT molecular complexity index is 501. The fourth-order valence-corrected chi connectivity index (χ4v) is 3.35. The van der Waals surface area contributed by atoms with E-state index in [1.807, 2.05) is 18.2 Å². The van der Waals surface area contributed by atoms with Crippen molar-refractivity contribution in [3.05, 3.63) is 23.9 Å². The molecule has 0 aromatic carbocycles. The molecule has 1 aliphatic rings. The van der Waals surface area contributed by atoms with Crippen LogP contribution in [0.5, 0.6) is 0 Å². The van der Waals surface area contributed by atoms with Gasteiger partial charge in [0.25, 0.3) is 0 Å². The zero-order valence-electron chi connectivity index (χ0n) is 10.0. The highest BCUT2D eigenvalue weighted by Gasteiger charge is 2.33. The molecule has 0 spiro atoms. The summed E-state index contributed by atoms with van der Waals surface area (Å²) in [5.74, 6) is 0.767. The number of rotatable bonds is 3. The summed E-state index contributed by atoms with van der Waals surface area (Å²) in [6.07, 6.45) is 2.99. The third-order valence-electron chi connectivity index (χ3n) is 3.00. The molecule has 1 N–H and O–H groups in total. The maximum Gasteiger partial charge on any atom is 0.211 e. The standard InChI is InChI=1S/C11H17N3O2S/c1-12-11-7-3-5-9(13-11)10-6-4-8-14(10)17(2,15)16/h3,5,7,10H,4,6,8H2,1-2H3,(H,12,13)/t10-/m0/s1. The molecule has 5 nitrogen and oxygen atoms in total. The summed E-state index contributed by atoms with van der Waals surface area (Å²) >= 11 is 0. The van der Waals surface area contributed by atoms with Crippen LogP contribution in [0, 0.1) is 0 Å². The minimum absolute atomic E-state index is 0.113. The van der Waals surface area contributed by atoms with E-state index in [2.05, 4.69) is 10.3 Å². The Kier molecular flexibility index (Phi) is 3.35. The van der Waals surface area contributed by atoms with Crippen molar-refractivity contribution in [1.29, 1.82) is 0 Å². The molecule has 1 atom stereocenters. The maximum atomic E-state index is 11.7. The quantitative estimate of drug-likeness (QED) is 0.882. The minimum atomic E-state index is -3.15. The van der Waals surface area contributed by atoms with E-state index in [0.717, 1.165) is 24.4 Å². The van der Waals surface area contributed by atoms with Crippen molar-refractivity contribution in [2.24, 2.45) is 0 Å². The van der Waals surface area contributed by atoms with Gasteiger partial charge in [-0.25, -0.2) is 13.4 Å². The molecular weight excluding hydrogens is 238 g/mol. The van der Waals surface area contributed by atoms with Gasteiger partial charge in [0.2, 0.25) is 10.0 Å². The summed E-state index contributed by atoms with van der Waals surface area (Å²) in [4.78, 5) is 4.42. The zero-order chi connectivity index (χ0) is 12.5. The van der Waals surface area contributed by atoms with E-state index < -0.39 is 10.0 Å². The monoisotopic (exact) mass is 255 g/mol. The first-order valence-electron chi connectivity index (χ1n) is 5.64. The number of nitrogens with zero attached hydrogens (tertiary/aromatic N) is 2. The lowest BCUT2D eigenvalue weighted by Gasteiger charge is -2.21. The van der Waals surface area contributed by atoms with Gasteiger partial charge in [-0.3, -0.25) is 0 Å². The third-order valence-corrected chi connectivity index (χ3v) is 4.29. The van der Waals surface area contributed by atoms with Gasteiger partial charge >= 0.3 is 0 Å². The van der Waals surface area contributed by atoms with E-state index in [1.165, 1.54) is 10.6 Å². The smallest absolute Gasteiger partial charge is 0.211 e. The minimum Gasteiger partial charge on any atom is -0.373 e. The molecule has 1 fully saturated rings. The van der Waals surface area contributed by atoms with Crippen molar-refractivity contribution in [1.82, 2.24) is 9.29 Å². The molecule has 0 radical (unpaired) electrons. The number of hydrogen-bond donors (Lipinski definition) is 1. The van der Waals surface area contributed by atoms with Crippen LogP contribution >= 0.6 is 0 Å². The van der Waals surface area contributed by atoms with Crippen molar-refractivity contribution in [2.75, 3.05) is 25.2 Å². The average molecular weight is 255 g/mol. The highest BCUT2D eigenvalue weighted by atomic mass is 32.2. The number of anilines is 1. The summed E-state index contributed by atoms with van der Waals surface area (Å²) in [5, 5.41) is 2.97. The molecule has 17 heavy (non-hydrogen) atoms. The summed E-state index contributed by atoms with van der Waals surface area (Å²) in [5.41, 5.74) is 0.819. The van der Waals surface area contributed by atoms with E-state index in [1.54, 1.807) is 7.05 Å². The summed E-state index contributed by atoms with van der Waals surface area (Å²) < 4.78 is 24.8. The predicted molar refractivity (Wildman–Crippen MR) is 67.3 cm³/mol. The van der Waals surface area contributed by atoms with Gasteiger partial charge in [0, 0.05) is 13.6 Å². The van der Waals surface area contributed by atoms with E-state index in [9.17, 15) is 8.42 Å². The number of pyridine rings is 1. The lowest BCUT2D eigenvalue weighted by molar-refractivity contribution is 0.394. The van der Waals surface area contributed by atoms with Crippen LogP contribution in [0.1, 0.15) is 24.6 Å². The molecule has 0 aliphatic carbocycles. The van der Waals surface area contributed by atoms with E-state index >= 15 is 0 Å². The second kappa shape index (κ2) is 4.62. The van der Waals surface area contributed by atoms with Crippen LogP contribution < -0.4 is 5.32 Å². The normalized spacial score (nSPS) is 21.6. The van der Waals surface area contributed by atoms with Crippen LogP contribution in [0.3, 0.4) is 0 Å². The molecule has 94 valence electrons. The van der Waals surface area contributed by atoms with Gasteiger partial charge < -0.3 is 5.32 Å². The number of aromatic nitrogens is 1. The Morgan fingerprint density at radius 2 is 2.24 bits per heavy atom. The Morgan fingerprint density at radius 3 is 2.88 bits per heavy atom. The molecule has 0 bridgehead atoms. The first kappa shape index (κ1) is 12.3. The lowest BCUT2D eigenvalue weighted by Crippen LogP contribution is -2.29. The molecule has 6 heteroatoms. The fourth-order valence-electron chi connectivity index (χ4n) is 2.21. The van der Waals surface area contributed by atoms with E-state index in [0.29, 0.717) is 6.54 Å². The van der Waals surface area contributed by atoms with Gasteiger partial charge in [0.05, 0.1) is 18.0 Å². The third kappa shape index (κ3) is 2.58. The van der Waals surface area contributed by atoms with Crippen LogP contribution in [-0.2, 0) is 10.0 Å². The van der Waals surface area contributed by atoms with E-state index in [-0.39, 0.29) is 6.04 Å². The van der Waals surface area contributed by atoms with Gasteiger partial charge in [-0.05, 0) is 25.0 Å². The molecular formula is C11H17N3O2S. The van der Waals surface area contributed by atoms with Crippen molar-refractivity contribution in [2.45, 2.75) is 18.9 Å². The van der Waals surface area contributed by atoms with Crippen LogP contribution in [-0.4, -0.2) is 37.6 Å². The van der Waals surface area contributed by atoms with Gasteiger partial charge in [-0.1, -0.05) is 6.07 Å². The van der Waals surface area contributed by atoms with Crippen LogP contribution in [0.2, 0.25) is 0 Å². The summed E-state index contributed by atoms with van der Waals surface area (Å²) in [6.45, 7) is 0.592. The SMILES string of the molecule is CNc1cccc([C@@H]2CCCN2S(C)(=O)=O)n1. The van der Waals surface area contributed by atoms with Gasteiger partial charge in [-0.2, -0.15) is 4.31 Å². The molecule has 1 aliphatic heterocycles. The molecule has 1 aromatic rings. The Labute approximate surface area is 102 Å². The average Bonchev–Trinajstić information content (AvgIpc) is 2.77. The number of hydrogen-bond acceptors (Lipinski definition) is 4. The maximum absolute atomic E-state index is 11.7. The Morgan fingerprint density at radius 1 is 1.47 bits per heavy atom. The molecule has 1 aromatic heterocycles. The topological polar surface area (TPSA) is 62.3 Å². The first-order chi connectivity index (χ1) is 8.02. The summed E-state index contributed by atoms with van der Waals surface area (Å²) in [6, 6.07) is 5.53. The highest BCUT2D eigenvalue weighted by molar-refractivity contribution is 7.88.